The number of esters is 1. The number of hydrogen-bond donors (Lipinski definition) is 1. The summed E-state index contributed by atoms with van der Waals surface area (Å²) in [6, 6.07) is 0. The first kappa shape index (κ1) is 18.7. The number of hydrogen-bond acceptors (Lipinski definition) is 4. The molecule has 118 valence electrons. The minimum Gasteiger partial charge on any atom is -0.464 e. The number of alkyl halides is 3. The van der Waals surface area contributed by atoms with Gasteiger partial charge in [-0.1, -0.05) is 13.8 Å². The average Bonchev–Trinajstić information content (AvgIpc) is 2.26. The van der Waals surface area contributed by atoms with E-state index in [1.165, 1.54) is 6.92 Å². The molecule has 0 radical (unpaired) electrons. The van der Waals surface area contributed by atoms with Crippen molar-refractivity contribution in [2.45, 2.75) is 39.4 Å². The van der Waals surface area contributed by atoms with Gasteiger partial charge in [0, 0.05) is 0 Å². The van der Waals surface area contributed by atoms with Crippen molar-refractivity contribution in [3.63, 3.8) is 0 Å². The molecule has 0 aliphatic carbocycles. The monoisotopic (exact) mass is 299 g/mol. The van der Waals surface area contributed by atoms with E-state index in [2.05, 4.69) is 10.1 Å². The molecule has 0 rings (SSSR count). The summed E-state index contributed by atoms with van der Waals surface area (Å²) in [5.41, 5.74) is -1.31. The Balaban J connectivity index is 4.53. The van der Waals surface area contributed by atoms with Gasteiger partial charge >= 0.3 is 12.1 Å². The van der Waals surface area contributed by atoms with E-state index in [0.717, 1.165) is 0 Å². The Hall–Kier alpha value is -1.31. The molecule has 0 saturated carbocycles. The molecule has 0 saturated heterocycles. The highest BCUT2D eigenvalue weighted by Crippen LogP contribution is 2.19. The topological polar surface area (TPSA) is 64.6 Å². The first-order valence-electron chi connectivity index (χ1n) is 6.15. The molecule has 1 atom stereocenters. The van der Waals surface area contributed by atoms with Gasteiger partial charge in [0.2, 0.25) is 5.91 Å². The Kier molecular flexibility index (Phi) is 6.98. The van der Waals surface area contributed by atoms with Crippen LogP contribution in [0.5, 0.6) is 0 Å². The Morgan fingerprint density at radius 1 is 1.25 bits per heavy atom. The molecule has 0 heterocycles. The van der Waals surface area contributed by atoms with Crippen LogP contribution < -0.4 is 5.32 Å². The van der Waals surface area contributed by atoms with Crippen molar-refractivity contribution in [2.75, 3.05) is 19.8 Å². The molecule has 1 N–H and O–H groups in total. The van der Waals surface area contributed by atoms with Gasteiger partial charge in [-0.2, -0.15) is 13.2 Å². The molecule has 0 aliphatic heterocycles. The lowest BCUT2D eigenvalue weighted by molar-refractivity contribution is -0.177. The van der Waals surface area contributed by atoms with Crippen molar-refractivity contribution in [1.29, 1.82) is 0 Å². The fraction of sp³-hybridized carbons (Fsp3) is 0.833. The highest BCUT2D eigenvalue weighted by molar-refractivity contribution is 5.88. The first-order valence-corrected chi connectivity index (χ1v) is 6.15. The van der Waals surface area contributed by atoms with Gasteiger partial charge in [0.05, 0.1) is 6.61 Å². The highest BCUT2D eigenvalue weighted by Gasteiger charge is 2.39. The summed E-state index contributed by atoms with van der Waals surface area (Å²) >= 11 is 0. The Bertz CT molecular complexity index is 344. The van der Waals surface area contributed by atoms with E-state index in [-0.39, 0.29) is 12.5 Å². The number of ether oxygens (including phenoxy) is 2. The molecule has 0 aromatic rings. The zero-order valence-corrected chi connectivity index (χ0v) is 12.0. The fourth-order valence-corrected chi connectivity index (χ4v) is 1.30. The third kappa shape index (κ3) is 6.23. The zero-order chi connectivity index (χ0) is 16.0. The van der Waals surface area contributed by atoms with E-state index in [1.807, 2.05) is 0 Å². The standard InChI is InChI=1S/C12H20F3NO4/c1-5-20-10(18)11(4,8(2)3)16-9(17)6-19-7-12(13,14)15/h8H,5-7H2,1-4H3,(H,16,17)/t11-/m0/s1. The maximum atomic E-state index is 11.9. The molecule has 8 heteroatoms. The second kappa shape index (κ2) is 7.47. The van der Waals surface area contributed by atoms with Crippen LogP contribution in [-0.4, -0.2) is 43.4 Å². The molecular weight excluding hydrogens is 279 g/mol. The maximum Gasteiger partial charge on any atom is 0.411 e. The lowest BCUT2D eigenvalue weighted by Gasteiger charge is -2.32. The molecule has 0 unspecified atom stereocenters. The van der Waals surface area contributed by atoms with Crippen molar-refractivity contribution in [2.24, 2.45) is 5.92 Å². The molecule has 0 aliphatic rings. The predicted molar refractivity (Wildman–Crippen MR) is 64.9 cm³/mol. The van der Waals surface area contributed by atoms with E-state index in [0.29, 0.717) is 0 Å². The molecule has 20 heavy (non-hydrogen) atoms. The highest BCUT2D eigenvalue weighted by atomic mass is 19.4. The third-order valence-corrected chi connectivity index (χ3v) is 2.75. The minimum atomic E-state index is -4.50. The summed E-state index contributed by atoms with van der Waals surface area (Å²) in [7, 11) is 0. The van der Waals surface area contributed by atoms with Gasteiger partial charge in [-0.05, 0) is 19.8 Å². The van der Waals surface area contributed by atoms with Crippen LogP contribution in [0.1, 0.15) is 27.7 Å². The maximum absolute atomic E-state index is 11.9. The zero-order valence-electron chi connectivity index (χ0n) is 12.0. The van der Waals surface area contributed by atoms with E-state index in [9.17, 15) is 22.8 Å². The number of amides is 1. The van der Waals surface area contributed by atoms with Crippen LogP contribution >= 0.6 is 0 Å². The number of carbonyl (C=O) groups is 2. The van der Waals surface area contributed by atoms with Crippen LogP contribution in [0.3, 0.4) is 0 Å². The molecular formula is C12H20F3NO4. The van der Waals surface area contributed by atoms with Crippen LogP contribution in [-0.2, 0) is 19.1 Å². The number of halogens is 3. The quantitative estimate of drug-likeness (QED) is 0.726. The second-order valence-corrected chi connectivity index (χ2v) is 4.73. The van der Waals surface area contributed by atoms with E-state index < -0.39 is 36.8 Å². The molecule has 5 nitrogen and oxygen atoms in total. The van der Waals surface area contributed by atoms with E-state index in [1.54, 1.807) is 20.8 Å². The molecule has 0 bridgehead atoms. The average molecular weight is 299 g/mol. The van der Waals surface area contributed by atoms with Crippen molar-refractivity contribution >= 4 is 11.9 Å². The molecule has 0 aromatic heterocycles. The van der Waals surface area contributed by atoms with Crippen LogP contribution in [0.4, 0.5) is 13.2 Å². The van der Waals surface area contributed by atoms with Crippen molar-refractivity contribution in [1.82, 2.24) is 5.32 Å². The summed E-state index contributed by atoms with van der Waals surface area (Å²) < 4.78 is 44.7. The SMILES string of the molecule is CCOC(=O)[C@@](C)(NC(=O)COCC(F)(F)F)C(C)C. The van der Waals surface area contributed by atoms with Gasteiger partial charge in [-0.25, -0.2) is 4.79 Å². The van der Waals surface area contributed by atoms with E-state index in [4.69, 9.17) is 4.74 Å². The first-order chi connectivity index (χ1) is 9.03. The Morgan fingerprint density at radius 3 is 2.20 bits per heavy atom. The van der Waals surface area contributed by atoms with Crippen LogP contribution in [0.25, 0.3) is 0 Å². The summed E-state index contributed by atoms with van der Waals surface area (Å²) in [6.45, 7) is 4.30. The number of rotatable bonds is 7. The van der Waals surface area contributed by atoms with Gasteiger partial charge in [0.15, 0.2) is 0 Å². The summed E-state index contributed by atoms with van der Waals surface area (Å²) in [6.07, 6.45) is -4.50. The lowest BCUT2D eigenvalue weighted by Crippen LogP contribution is -2.57. The number of carbonyl (C=O) groups excluding carboxylic acids is 2. The predicted octanol–water partition coefficient (Wildman–Crippen LogP) is 1.66. The third-order valence-electron chi connectivity index (χ3n) is 2.75. The summed E-state index contributed by atoms with van der Waals surface area (Å²) in [4.78, 5) is 23.4. The summed E-state index contributed by atoms with van der Waals surface area (Å²) in [5, 5.41) is 2.36. The van der Waals surface area contributed by atoms with Crippen LogP contribution in [0.2, 0.25) is 0 Å². The summed E-state index contributed by atoms with van der Waals surface area (Å²) in [5.74, 6) is -1.74. The van der Waals surface area contributed by atoms with E-state index >= 15 is 0 Å². The van der Waals surface area contributed by atoms with Crippen molar-refractivity contribution in [3.8, 4) is 0 Å². The molecule has 1 amide bonds. The Morgan fingerprint density at radius 2 is 1.80 bits per heavy atom. The van der Waals surface area contributed by atoms with Crippen LogP contribution in [0, 0.1) is 5.92 Å². The van der Waals surface area contributed by atoms with Crippen molar-refractivity contribution in [3.05, 3.63) is 0 Å². The molecule has 0 aromatic carbocycles. The fourth-order valence-electron chi connectivity index (χ4n) is 1.30. The normalized spacial score (nSPS) is 14.8. The molecule has 0 spiro atoms. The van der Waals surface area contributed by atoms with Gasteiger partial charge in [-0.15, -0.1) is 0 Å². The van der Waals surface area contributed by atoms with Gasteiger partial charge in [0.25, 0.3) is 0 Å². The molecule has 0 fully saturated rings. The largest absolute Gasteiger partial charge is 0.464 e. The second-order valence-electron chi connectivity index (χ2n) is 4.73. The van der Waals surface area contributed by atoms with Crippen LogP contribution in [0.15, 0.2) is 0 Å². The smallest absolute Gasteiger partial charge is 0.411 e. The van der Waals surface area contributed by atoms with Gasteiger partial charge < -0.3 is 14.8 Å². The van der Waals surface area contributed by atoms with Gasteiger partial charge in [-0.3, -0.25) is 4.79 Å². The minimum absolute atomic E-state index is 0.140. The number of nitrogens with one attached hydrogen (secondary N) is 1. The van der Waals surface area contributed by atoms with Crippen molar-refractivity contribution < 1.29 is 32.2 Å². The van der Waals surface area contributed by atoms with Gasteiger partial charge in [0.1, 0.15) is 18.8 Å². The lowest BCUT2D eigenvalue weighted by atomic mass is 9.88. The Labute approximate surface area is 115 Å².